The van der Waals surface area contributed by atoms with Crippen LogP contribution in [0.3, 0.4) is 0 Å². The van der Waals surface area contributed by atoms with Crippen molar-refractivity contribution >= 4 is 42.8 Å². The smallest absolute Gasteiger partial charge is 0.282 e. The van der Waals surface area contributed by atoms with Gasteiger partial charge in [0.1, 0.15) is 0 Å². The molecule has 83 heavy (non-hydrogen) atoms. The Morgan fingerprint density at radius 2 is 0.566 bits per heavy atom. The lowest BCUT2D eigenvalue weighted by atomic mass is 9.60. The first kappa shape index (κ1) is 62.2. The van der Waals surface area contributed by atoms with Crippen molar-refractivity contribution in [1.82, 2.24) is 0 Å². The van der Waals surface area contributed by atoms with Crippen molar-refractivity contribution in [2.45, 2.75) is 236 Å². The summed E-state index contributed by atoms with van der Waals surface area (Å²) in [4.78, 5) is 0. The largest absolute Gasteiger partial charge is 0.475 e. The number of aryl methyl sites for hydroxylation is 3. The molecule has 0 aromatic heterocycles. The standard InChI is InChI=1S/C78H99O4P/c1-49(64-43-52(4)67-70(55(64)7)76(16,17)37-34-73(67,10)11)40-58-22-28-61(29-23-58)46-80-83(79,81-47-62-30-24-59(25-31-62)41-50(2)65-44-53(5)68-71(56(65)8)77(18,19)38-35-74(68,12)13)82-48-63-32-26-60(27-33-63)42-51(3)66-45-54(6)69-72(57(66)9)78(20,21)39-36-75(69,14)15/h22-33,40-45H,34-39,46-48H2,1-21H3/b49-40+,50-41+,51-42+. The normalized spacial score (nSPS) is 18.8. The lowest BCUT2D eigenvalue weighted by Crippen LogP contribution is -2.35. The second kappa shape index (κ2) is 22.8. The lowest BCUT2D eigenvalue weighted by molar-refractivity contribution is 0.0978. The van der Waals surface area contributed by atoms with Crippen molar-refractivity contribution in [3.8, 4) is 0 Å². The van der Waals surface area contributed by atoms with Crippen LogP contribution in [0.2, 0.25) is 0 Å². The maximum Gasteiger partial charge on any atom is 0.475 e. The van der Waals surface area contributed by atoms with E-state index in [2.05, 4.69) is 218 Å². The molecule has 0 unspecified atom stereocenters. The predicted octanol–water partition coefficient (Wildman–Crippen LogP) is 22.3. The number of phosphoric acid groups is 1. The third-order valence-electron chi connectivity index (χ3n) is 20.1. The molecule has 0 atom stereocenters. The fourth-order valence-corrected chi connectivity index (χ4v) is 16.6. The van der Waals surface area contributed by atoms with Crippen molar-refractivity contribution in [3.05, 3.63) is 208 Å². The Morgan fingerprint density at radius 3 is 0.783 bits per heavy atom. The molecule has 3 aliphatic rings. The van der Waals surface area contributed by atoms with E-state index in [0.717, 1.165) is 33.4 Å². The summed E-state index contributed by atoms with van der Waals surface area (Å²) in [7, 11) is -4.10. The van der Waals surface area contributed by atoms with Gasteiger partial charge >= 0.3 is 7.82 Å². The molecular weight excluding hydrogens is 1030 g/mol. The van der Waals surface area contributed by atoms with Gasteiger partial charge in [-0.15, -0.1) is 0 Å². The first-order valence-corrected chi connectivity index (χ1v) is 32.4. The van der Waals surface area contributed by atoms with Crippen LogP contribution < -0.4 is 0 Å². The monoisotopic (exact) mass is 1130 g/mol. The van der Waals surface area contributed by atoms with Crippen molar-refractivity contribution in [2.75, 3.05) is 0 Å². The molecule has 4 nitrogen and oxygen atoms in total. The van der Waals surface area contributed by atoms with Gasteiger partial charge < -0.3 is 0 Å². The highest BCUT2D eigenvalue weighted by molar-refractivity contribution is 7.48. The Labute approximate surface area is 502 Å². The minimum absolute atomic E-state index is 0.0623. The summed E-state index contributed by atoms with van der Waals surface area (Å²) in [5.74, 6) is 0. The Kier molecular flexibility index (Phi) is 17.1. The van der Waals surface area contributed by atoms with Gasteiger partial charge in [0.15, 0.2) is 0 Å². The molecule has 0 bridgehead atoms. The SMILES string of the molecule is C/C(=C\c1ccc(COP(=O)(OCc2ccc(/C=C(\C)c3cc(C)c4c(c3C)C(C)(C)CCC4(C)C)cc2)OCc2ccc(/C=C(\C)c3cc(C)c4c(c3C)C(C)(C)CCC4(C)C)cc2)cc1)c1cc(C)c2c(c1C)C(C)(C)CCC2(C)C. The summed E-state index contributed by atoms with van der Waals surface area (Å²) in [5.41, 5.74) is 31.9. The highest BCUT2D eigenvalue weighted by Gasteiger charge is 2.43. The fraction of sp³-hybridized carbons (Fsp3) is 0.462. The fourth-order valence-electron chi connectivity index (χ4n) is 15.4. The molecule has 0 saturated carbocycles. The van der Waals surface area contributed by atoms with E-state index in [9.17, 15) is 4.57 Å². The quantitative estimate of drug-likeness (QED) is 0.0759. The third kappa shape index (κ3) is 12.7. The maximum atomic E-state index is 14.9. The van der Waals surface area contributed by atoms with Gasteiger partial charge in [-0.2, -0.15) is 0 Å². The lowest BCUT2D eigenvalue weighted by Gasteiger charge is -2.44. The van der Waals surface area contributed by atoms with E-state index in [4.69, 9.17) is 13.6 Å². The maximum absolute atomic E-state index is 14.9. The summed E-state index contributed by atoms with van der Waals surface area (Å²) in [6.07, 6.45) is 14.0. The van der Waals surface area contributed by atoms with Gasteiger partial charge in [0, 0.05) is 0 Å². The number of allylic oxidation sites excluding steroid dienone is 3. The molecule has 3 aliphatic carbocycles. The van der Waals surface area contributed by atoms with Crippen LogP contribution in [0.25, 0.3) is 34.9 Å². The molecule has 6 aromatic rings. The Balaban J connectivity index is 0.934. The van der Waals surface area contributed by atoms with Gasteiger partial charge in [0.05, 0.1) is 19.8 Å². The molecule has 0 aliphatic heterocycles. The van der Waals surface area contributed by atoms with Crippen molar-refractivity contribution in [3.63, 3.8) is 0 Å². The van der Waals surface area contributed by atoms with E-state index < -0.39 is 7.82 Å². The number of fused-ring (bicyclic) bond motifs is 3. The van der Waals surface area contributed by atoms with Gasteiger partial charge in [0.25, 0.3) is 0 Å². The molecule has 0 heterocycles. The number of rotatable bonds is 15. The van der Waals surface area contributed by atoms with Gasteiger partial charge in [0.2, 0.25) is 0 Å². The van der Waals surface area contributed by atoms with Crippen molar-refractivity contribution in [2.24, 2.45) is 0 Å². The molecule has 9 rings (SSSR count). The molecule has 0 fully saturated rings. The summed E-state index contributed by atoms with van der Waals surface area (Å²) in [5, 5.41) is 0. The van der Waals surface area contributed by atoms with E-state index in [1.807, 2.05) is 36.4 Å². The molecule has 440 valence electrons. The molecule has 5 heteroatoms. The molecule has 0 spiro atoms. The minimum atomic E-state index is -4.10. The third-order valence-corrected chi connectivity index (χ3v) is 21.4. The van der Waals surface area contributed by atoms with Crippen molar-refractivity contribution in [1.29, 1.82) is 0 Å². The van der Waals surface area contributed by atoms with Crippen LogP contribution in [0.5, 0.6) is 0 Å². The molecule has 0 saturated heterocycles. The average molecular weight is 1130 g/mol. The van der Waals surface area contributed by atoms with E-state index in [-0.39, 0.29) is 52.3 Å². The zero-order valence-electron chi connectivity index (χ0n) is 54.8. The van der Waals surface area contributed by atoms with Crippen LogP contribution >= 0.6 is 7.82 Å². The second-order valence-electron chi connectivity index (χ2n) is 29.6. The summed E-state index contributed by atoms with van der Waals surface area (Å²) < 4.78 is 33.7. The van der Waals surface area contributed by atoms with Crippen LogP contribution in [0, 0.1) is 41.5 Å². The first-order valence-electron chi connectivity index (χ1n) is 31.0. The number of phosphoric ester groups is 1. The molecule has 0 N–H and O–H groups in total. The Hall–Kier alpha value is -5.35. The second-order valence-corrected chi connectivity index (χ2v) is 31.3. The zero-order chi connectivity index (χ0) is 60.6. The highest BCUT2D eigenvalue weighted by Crippen LogP contribution is 2.54. The molecular formula is C78H99O4P. The van der Waals surface area contributed by atoms with E-state index in [0.29, 0.717) is 0 Å². The first-order chi connectivity index (χ1) is 38.6. The number of hydrogen-bond acceptors (Lipinski definition) is 4. The van der Waals surface area contributed by atoms with Crippen LogP contribution in [-0.2, 0) is 70.4 Å². The molecule has 6 aromatic carbocycles. The van der Waals surface area contributed by atoms with Gasteiger partial charge in [-0.3, -0.25) is 13.6 Å². The Bertz CT molecular complexity index is 3230. The van der Waals surface area contributed by atoms with Crippen LogP contribution in [0.4, 0.5) is 0 Å². The average Bonchev–Trinajstić information content (AvgIpc) is 1.28. The summed E-state index contributed by atoms with van der Waals surface area (Å²) >= 11 is 0. The van der Waals surface area contributed by atoms with E-state index in [1.54, 1.807) is 0 Å². The topological polar surface area (TPSA) is 44.8 Å². The molecule has 0 radical (unpaired) electrons. The highest BCUT2D eigenvalue weighted by atomic mass is 31.2. The van der Waals surface area contributed by atoms with E-state index in [1.165, 1.54) is 139 Å². The van der Waals surface area contributed by atoms with E-state index >= 15 is 0 Å². The van der Waals surface area contributed by atoms with Gasteiger partial charge in [-0.1, -0.05) is 192 Å². The number of benzene rings is 6. The van der Waals surface area contributed by atoms with Crippen LogP contribution in [-0.4, -0.2) is 0 Å². The Morgan fingerprint density at radius 1 is 0.361 bits per heavy atom. The zero-order valence-corrected chi connectivity index (χ0v) is 55.7. The van der Waals surface area contributed by atoms with Crippen molar-refractivity contribution < 1.29 is 18.1 Å². The minimum Gasteiger partial charge on any atom is -0.282 e. The van der Waals surface area contributed by atoms with Gasteiger partial charge in [-0.05, 0) is 267 Å². The van der Waals surface area contributed by atoms with Gasteiger partial charge in [-0.25, -0.2) is 4.57 Å². The summed E-state index contributed by atoms with van der Waals surface area (Å²) in [6.45, 7) is 49.6. The summed E-state index contributed by atoms with van der Waals surface area (Å²) in [6, 6.07) is 32.2. The number of hydrogen-bond donors (Lipinski definition) is 0. The van der Waals surface area contributed by atoms with Crippen LogP contribution in [0.15, 0.2) is 91.0 Å². The molecule has 0 amide bonds. The predicted molar refractivity (Wildman–Crippen MR) is 356 cm³/mol. The van der Waals surface area contributed by atoms with Crippen LogP contribution in [0.1, 0.15) is 259 Å².